The van der Waals surface area contributed by atoms with Gasteiger partial charge in [-0.1, -0.05) is 18.2 Å². The van der Waals surface area contributed by atoms with E-state index in [1.54, 1.807) is 30.3 Å². The molecule has 148 valence electrons. The van der Waals surface area contributed by atoms with Crippen molar-refractivity contribution in [2.24, 2.45) is 0 Å². The number of ether oxygens (including phenoxy) is 3. The predicted molar refractivity (Wildman–Crippen MR) is 101 cm³/mol. The molecular formula is C19H20N2O6S. The molecule has 0 aromatic heterocycles. The van der Waals surface area contributed by atoms with Crippen molar-refractivity contribution in [2.45, 2.75) is 11.0 Å². The molecule has 2 aromatic rings. The second-order valence-electron chi connectivity index (χ2n) is 6.40. The van der Waals surface area contributed by atoms with Gasteiger partial charge in [-0.15, -0.1) is 0 Å². The fourth-order valence-corrected chi connectivity index (χ4v) is 4.50. The van der Waals surface area contributed by atoms with Crippen molar-refractivity contribution in [2.75, 3.05) is 38.2 Å². The van der Waals surface area contributed by atoms with E-state index in [1.165, 1.54) is 16.4 Å². The van der Waals surface area contributed by atoms with Crippen molar-refractivity contribution in [1.82, 2.24) is 4.31 Å². The Kier molecular flexibility index (Phi) is 5.21. The molecule has 0 spiro atoms. The monoisotopic (exact) mass is 404 g/mol. The highest BCUT2D eigenvalue weighted by Gasteiger charge is 2.29. The van der Waals surface area contributed by atoms with Crippen LogP contribution in [0.25, 0.3) is 0 Å². The molecule has 2 heterocycles. The number of carbonyl (C=O) groups excluding carboxylic acids is 1. The number of rotatable bonds is 4. The number of anilines is 1. The molecule has 9 heteroatoms. The second kappa shape index (κ2) is 7.78. The molecule has 1 fully saturated rings. The van der Waals surface area contributed by atoms with E-state index in [9.17, 15) is 13.2 Å². The van der Waals surface area contributed by atoms with E-state index < -0.39 is 22.0 Å². The van der Waals surface area contributed by atoms with Crippen LogP contribution in [0.5, 0.6) is 11.5 Å². The van der Waals surface area contributed by atoms with Crippen molar-refractivity contribution in [3.63, 3.8) is 0 Å². The summed E-state index contributed by atoms with van der Waals surface area (Å²) in [5.74, 6) is 0.679. The minimum absolute atomic E-state index is 0.0780. The van der Waals surface area contributed by atoms with Crippen molar-refractivity contribution < 1.29 is 27.4 Å². The lowest BCUT2D eigenvalue weighted by molar-refractivity contribution is -0.125. The first-order chi connectivity index (χ1) is 13.5. The van der Waals surface area contributed by atoms with Gasteiger partial charge < -0.3 is 19.5 Å². The average molecular weight is 404 g/mol. The van der Waals surface area contributed by atoms with Crippen molar-refractivity contribution >= 4 is 21.6 Å². The molecule has 2 aliphatic heterocycles. The third-order valence-electron chi connectivity index (χ3n) is 4.51. The summed E-state index contributed by atoms with van der Waals surface area (Å²) >= 11 is 0. The third-order valence-corrected chi connectivity index (χ3v) is 6.41. The molecule has 0 bridgehead atoms. The summed E-state index contributed by atoms with van der Waals surface area (Å²) in [6, 6.07) is 13.3. The van der Waals surface area contributed by atoms with Gasteiger partial charge in [0.2, 0.25) is 16.1 Å². The quantitative estimate of drug-likeness (QED) is 0.830. The molecular weight excluding hydrogens is 384 g/mol. The number of morpholine rings is 1. The highest BCUT2D eigenvalue weighted by molar-refractivity contribution is 7.89. The van der Waals surface area contributed by atoms with Crippen LogP contribution in [-0.4, -0.2) is 57.6 Å². The first kappa shape index (κ1) is 18.7. The van der Waals surface area contributed by atoms with Gasteiger partial charge in [-0.25, -0.2) is 8.42 Å². The summed E-state index contributed by atoms with van der Waals surface area (Å²) in [6.45, 7) is 1.44. The minimum atomic E-state index is -3.64. The van der Waals surface area contributed by atoms with Crippen LogP contribution in [0.4, 0.5) is 5.69 Å². The first-order valence-electron chi connectivity index (χ1n) is 8.91. The van der Waals surface area contributed by atoms with E-state index in [2.05, 4.69) is 5.32 Å². The van der Waals surface area contributed by atoms with Crippen LogP contribution in [0.2, 0.25) is 0 Å². The largest absolute Gasteiger partial charge is 0.485 e. The van der Waals surface area contributed by atoms with Crippen LogP contribution >= 0.6 is 0 Å². The summed E-state index contributed by atoms with van der Waals surface area (Å²) in [7, 11) is -3.64. The Balaban J connectivity index is 1.47. The molecule has 2 aromatic carbocycles. The zero-order valence-electron chi connectivity index (χ0n) is 15.0. The fraction of sp³-hybridized carbons (Fsp3) is 0.316. The molecule has 4 rings (SSSR count). The topological polar surface area (TPSA) is 94.2 Å². The number of para-hydroxylation sites is 2. The van der Waals surface area contributed by atoms with E-state index >= 15 is 0 Å². The number of carbonyl (C=O) groups is 1. The van der Waals surface area contributed by atoms with Gasteiger partial charge in [0.05, 0.1) is 18.1 Å². The summed E-state index contributed by atoms with van der Waals surface area (Å²) < 4.78 is 43.4. The Hall–Kier alpha value is -2.62. The van der Waals surface area contributed by atoms with E-state index in [-0.39, 0.29) is 11.5 Å². The molecule has 1 unspecified atom stereocenters. The number of amides is 1. The third kappa shape index (κ3) is 3.82. The standard InChI is InChI=1S/C19H20N2O6S/c22-19(18-13-26-16-6-1-2-7-17(16)27-18)20-14-4-3-5-15(12-14)28(23,24)21-8-10-25-11-9-21/h1-7,12,18H,8-11,13H2,(H,20,22). The molecule has 1 saturated heterocycles. The zero-order chi connectivity index (χ0) is 19.6. The Labute approximate surface area is 163 Å². The van der Waals surface area contributed by atoms with E-state index in [1.807, 2.05) is 6.07 Å². The molecule has 1 amide bonds. The van der Waals surface area contributed by atoms with Gasteiger partial charge in [-0.3, -0.25) is 4.79 Å². The predicted octanol–water partition coefficient (Wildman–Crippen LogP) is 1.49. The van der Waals surface area contributed by atoms with Crippen molar-refractivity contribution in [3.05, 3.63) is 48.5 Å². The maximum Gasteiger partial charge on any atom is 0.269 e. The normalized spacial score (nSPS) is 19.8. The van der Waals surface area contributed by atoms with Crippen LogP contribution in [0.1, 0.15) is 0 Å². The number of hydrogen-bond acceptors (Lipinski definition) is 6. The van der Waals surface area contributed by atoms with Gasteiger partial charge in [0.15, 0.2) is 11.5 Å². The number of fused-ring (bicyclic) bond motifs is 1. The Morgan fingerprint density at radius 2 is 1.79 bits per heavy atom. The maximum absolute atomic E-state index is 12.8. The Morgan fingerprint density at radius 3 is 2.57 bits per heavy atom. The van der Waals surface area contributed by atoms with Crippen molar-refractivity contribution in [3.8, 4) is 11.5 Å². The molecule has 28 heavy (non-hydrogen) atoms. The second-order valence-corrected chi connectivity index (χ2v) is 8.34. The van der Waals surface area contributed by atoms with E-state index in [0.717, 1.165) is 0 Å². The van der Waals surface area contributed by atoms with Crippen LogP contribution in [0.15, 0.2) is 53.4 Å². The smallest absolute Gasteiger partial charge is 0.269 e. The van der Waals surface area contributed by atoms with E-state index in [4.69, 9.17) is 14.2 Å². The summed E-state index contributed by atoms with van der Waals surface area (Å²) in [4.78, 5) is 12.7. The van der Waals surface area contributed by atoms with Gasteiger partial charge in [0, 0.05) is 18.8 Å². The van der Waals surface area contributed by atoms with Gasteiger partial charge >= 0.3 is 0 Å². The van der Waals surface area contributed by atoms with Crippen molar-refractivity contribution in [1.29, 1.82) is 0 Å². The number of nitrogens with one attached hydrogen (secondary N) is 1. The highest BCUT2D eigenvalue weighted by atomic mass is 32.2. The van der Waals surface area contributed by atoms with Gasteiger partial charge in [0.25, 0.3) is 5.91 Å². The van der Waals surface area contributed by atoms with Gasteiger partial charge in [-0.2, -0.15) is 4.31 Å². The average Bonchev–Trinajstić information content (AvgIpc) is 2.74. The lowest BCUT2D eigenvalue weighted by atomic mass is 10.2. The van der Waals surface area contributed by atoms with Crippen LogP contribution in [0, 0.1) is 0 Å². The molecule has 1 atom stereocenters. The maximum atomic E-state index is 12.8. The fourth-order valence-electron chi connectivity index (χ4n) is 3.04. The molecule has 0 radical (unpaired) electrons. The lowest BCUT2D eigenvalue weighted by Gasteiger charge is -2.26. The molecule has 2 aliphatic rings. The summed E-state index contributed by atoms with van der Waals surface area (Å²) in [5.41, 5.74) is 0.377. The summed E-state index contributed by atoms with van der Waals surface area (Å²) in [5, 5.41) is 2.71. The number of benzene rings is 2. The summed E-state index contributed by atoms with van der Waals surface area (Å²) in [6.07, 6.45) is -0.825. The van der Waals surface area contributed by atoms with Crippen LogP contribution < -0.4 is 14.8 Å². The first-order valence-corrected chi connectivity index (χ1v) is 10.4. The number of sulfonamides is 1. The number of hydrogen-bond donors (Lipinski definition) is 1. The molecule has 8 nitrogen and oxygen atoms in total. The molecule has 0 saturated carbocycles. The zero-order valence-corrected chi connectivity index (χ0v) is 15.9. The minimum Gasteiger partial charge on any atom is -0.485 e. The Morgan fingerprint density at radius 1 is 1.04 bits per heavy atom. The Bertz CT molecular complexity index is 972. The van der Waals surface area contributed by atoms with E-state index in [0.29, 0.717) is 43.5 Å². The SMILES string of the molecule is O=C(Nc1cccc(S(=O)(=O)N2CCOCC2)c1)C1COc2ccccc2O1. The van der Waals surface area contributed by atoms with Gasteiger partial charge in [-0.05, 0) is 30.3 Å². The lowest BCUT2D eigenvalue weighted by Crippen LogP contribution is -2.41. The molecule has 0 aliphatic carbocycles. The molecule has 1 N–H and O–H groups in total. The highest BCUT2D eigenvalue weighted by Crippen LogP contribution is 2.31. The van der Waals surface area contributed by atoms with Crippen LogP contribution in [0.3, 0.4) is 0 Å². The van der Waals surface area contributed by atoms with Crippen LogP contribution in [-0.2, 0) is 19.6 Å². The van der Waals surface area contributed by atoms with Gasteiger partial charge in [0.1, 0.15) is 6.61 Å². The number of nitrogens with zero attached hydrogens (tertiary/aromatic N) is 1.